The molecule has 19 heavy (non-hydrogen) atoms. The second-order valence-corrected chi connectivity index (χ2v) is 4.17. The number of nitrogens with one attached hydrogen (secondary N) is 1. The molecule has 1 aromatic heterocycles. The van der Waals surface area contributed by atoms with Gasteiger partial charge in [-0.2, -0.15) is 0 Å². The quantitative estimate of drug-likeness (QED) is 0.705. The van der Waals surface area contributed by atoms with E-state index >= 15 is 0 Å². The summed E-state index contributed by atoms with van der Waals surface area (Å²) in [7, 11) is 0. The molecule has 5 heteroatoms. The molecule has 0 spiro atoms. The summed E-state index contributed by atoms with van der Waals surface area (Å²) < 4.78 is 0. The standard InChI is InChI=1S/C14H16N4O/c15-13-11(14(16)19)4-1-5-12(13)18-8-6-10-3-2-7-17-9-10/h1-5,7,9,18H,6,8,15H2,(H2,16,19). The van der Waals surface area contributed by atoms with Gasteiger partial charge in [-0.1, -0.05) is 12.1 Å². The van der Waals surface area contributed by atoms with Crippen LogP contribution in [0.3, 0.4) is 0 Å². The van der Waals surface area contributed by atoms with E-state index in [9.17, 15) is 4.79 Å². The lowest BCUT2D eigenvalue weighted by Gasteiger charge is -2.11. The number of nitrogens with two attached hydrogens (primary N) is 2. The molecule has 0 saturated heterocycles. The van der Waals surface area contributed by atoms with E-state index in [2.05, 4.69) is 10.3 Å². The number of primary amides is 1. The van der Waals surface area contributed by atoms with Crippen LogP contribution < -0.4 is 16.8 Å². The summed E-state index contributed by atoms with van der Waals surface area (Å²) in [6.45, 7) is 0.706. The maximum Gasteiger partial charge on any atom is 0.250 e. The fourth-order valence-corrected chi connectivity index (χ4v) is 1.82. The van der Waals surface area contributed by atoms with Crippen molar-refractivity contribution in [1.82, 2.24) is 4.98 Å². The third kappa shape index (κ3) is 3.22. The number of carbonyl (C=O) groups is 1. The number of nitrogens with zero attached hydrogens (tertiary/aromatic N) is 1. The first-order chi connectivity index (χ1) is 9.18. The van der Waals surface area contributed by atoms with Crippen molar-refractivity contribution in [3.8, 4) is 0 Å². The minimum Gasteiger partial charge on any atom is -0.396 e. The van der Waals surface area contributed by atoms with Crippen molar-refractivity contribution < 1.29 is 4.79 Å². The van der Waals surface area contributed by atoms with E-state index in [-0.39, 0.29) is 0 Å². The summed E-state index contributed by atoms with van der Waals surface area (Å²) in [5.41, 5.74) is 13.7. The molecule has 0 aliphatic heterocycles. The van der Waals surface area contributed by atoms with Gasteiger partial charge in [0.1, 0.15) is 0 Å². The topological polar surface area (TPSA) is 94.0 Å². The van der Waals surface area contributed by atoms with Gasteiger partial charge in [-0.05, 0) is 30.2 Å². The van der Waals surface area contributed by atoms with Gasteiger partial charge in [-0.25, -0.2) is 0 Å². The molecule has 0 aliphatic carbocycles. The number of para-hydroxylation sites is 1. The van der Waals surface area contributed by atoms with Gasteiger partial charge in [0.25, 0.3) is 5.91 Å². The van der Waals surface area contributed by atoms with E-state index < -0.39 is 5.91 Å². The Morgan fingerprint density at radius 2 is 2.11 bits per heavy atom. The molecule has 0 saturated carbocycles. The van der Waals surface area contributed by atoms with Gasteiger partial charge in [0.2, 0.25) is 0 Å². The molecular weight excluding hydrogens is 240 g/mol. The van der Waals surface area contributed by atoms with Crippen molar-refractivity contribution in [3.63, 3.8) is 0 Å². The fourth-order valence-electron chi connectivity index (χ4n) is 1.82. The number of benzene rings is 1. The average Bonchev–Trinajstić information content (AvgIpc) is 2.41. The molecule has 1 amide bonds. The van der Waals surface area contributed by atoms with Crippen LogP contribution in [-0.4, -0.2) is 17.4 Å². The minimum absolute atomic E-state index is 0.339. The molecule has 0 fully saturated rings. The molecular formula is C14H16N4O. The normalized spacial score (nSPS) is 10.1. The lowest BCUT2D eigenvalue weighted by molar-refractivity contribution is 0.100. The van der Waals surface area contributed by atoms with E-state index in [1.165, 1.54) is 0 Å². The van der Waals surface area contributed by atoms with Crippen molar-refractivity contribution in [2.24, 2.45) is 5.73 Å². The van der Waals surface area contributed by atoms with Gasteiger partial charge in [0, 0.05) is 18.9 Å². The third-order valence-corrected chi connectivity index (χ3v) is 2.82. The molecule has 0 unspecified atom stereocenters. The maximum absolute atomic E-state index is 11.2. The number of carbonyl (C=O) groups excluding carboxylic acids is 1. The molecule has 0 bridgehead atoms. The predicted molar refractivity (Wildman–Crippen MR) is 75.8 cm³/mol. The van der Waals surface area contributed by atoms with Gasteiger partial charge >= 0.3 is 0 Å². The predicted octanol–water partition coefficient (Wildman–Crippen LogP) is 1.42. The van der Waals surface area contributed by atoms with Gasteiger partial charge in [0.05, 0.1) is 16.9 Å². The molecule has 0 aliphatic rings. The van der Waals surface area contributed by atoms with Crippen molar-refractivity contribution >= 4 is 17.3 Å². The lowest BCUT2D eigenvalue weighted by atomic mass is 10.1. The summed E-state index contributed by atoms with van der Waals surface area (Å²) in [6.07, 6.45) is 4.39. The zero-order valence-electron chi connectivity index (χ0n) is 10.5. The maximum atomic E-state index is 11.2. The Bertz CT molecular complexity index is 569. The second kappa shape index (κ2) is 5.86. The Morgan fingerprint density at radius 3 is 2.79 bits per heavy atom. The van der Waals surface area contributed by atoms with Crippen LogP contribution in [-0.2, 0) is 6.42 Å². The Labute approximate surface area is 111 Å². The van der Waals surface area contributed by atoms with Crippen LogP contribution in [0.25, 0.3) is 0 Å². The summed E-state index contributed by atoms with van der Waals surface area (Å²) in [5, 5.41) is 3.20. The Kier molecular flexibility index (Phi) is 3.97. The largest absolute Gasteiger partial charge is 0.396 e. The molecule has 0 atom stereocenters. The zero-order valence-corrected chi connectivity index (χ0v) is 10.5. The number of hydrogen-bond acceptors (Lipinski definition) is 4. The van der Waals surface area contributed by atoms with E-state index in [1.807, 2.05) is 24.4 Å². The van der Waals surface area contributed by atoms with E-state index in [4.69, 9.17) is 11.5 Å². The first kappa shape index (κ1) is 12.9. The van der Waals surface area contributed by atoms with Gasteiger partial charge in [-0.3, -0.25) is 9.78 Å². The molecule has 0 radical (unpaired) electrons. The van der Waals surface area contributed by atoms with E-state index in [1.54, 1.807) is 18.3 Å². The molecule has 1 heterocycles. The van der Waals surface area contributed by atoms with Crippen molar-refractivity contribution in [3.05, 3.63) is 53.9 Å². The van der Waals surface area contributed by atoms with Gasteiger partial charge in [0.15, 0.2) is 0 Å². The highest BCUT2D eigenvalue weighted by atomic mass is 16.1. The minimum atomic E-state index is -0.520. The lowest BCUT2D eigenvalue weighted by Crippen LogP contribution is -2.15. The van der Waals surface area contributed by atoms with Crippen molar-refractivity contribution in [1.29, 1.82) is 0 Å². The van der Waals surface area contributed by atoms with Gasteiger partial charge in [-0.15, -0.1) is 0 Å². The highest BCUT2D eigenvalue weighted by Crippen LogP contribution is 2.22. The monoisotopic (exact) mass is 256 g/mol. The summed E-state index contributed by atoms with van der Waals surface area (Å²) in [4.78, 5) is 15.2. The van der Waals surface area contributed by atoms with E-state index in [0.29, 0.717) is 17.8 Å². The molecule has 2 rings (SSSR count). The zero-order chi connectivity index (χ0) is 13.7. The highest BCUT2D eigenvalue weighted by molar-refractivity contribution is 6.00. The Morgan fingerprint density at radius 1 is 1.26 bits per heavy atom. The SMILES string of the molecule is NC(=O)c1cccc(NCCc2cccnc2)c1N. The number of aromatic nitrogens is 1. The number of nitrogen functional groups attached to an aromatic ring is 1. The molecule has 5 N–H and O–H groups in total. The number of amides is 1. The Balaban J connectivity index is 2.00. The Hall–Kier alpha value is -2.56. The van der Waals surface area contributed by atoms with Crippen LogP contribution in [0.1, 0.15) is 15.9 Å². The number of pyridine rings is 1. The van der Waals surface area contributed by atoms with Crippen LogP contribution in [0.4, 0.5) is 11.4 Å². The van der Waals surface area contributed by atoms with Crippen LogP contribution in [0.5, 0.6) is 0 Å². The highest BCUT2D eigenvalue weighted by Gasteiger charge is 2.08. The summed E-state index contributed by atoms with van der Waals surface area (Å²) in [5.74, 6) is -0.520. The van der Waals surface area contributed by atoms with Crippen LogP contribution in [0, 0.1) is 0 Å². The first-order valence-electron chi connectivity index (χ1n) is 5.99. The molecule has 98 valence electrons. The van der Waals surface area contributed by atoms with Crippen molar-refractivity contribution in [2.45, 2.75) is 6.42 Å². The third-order valence-electron chi connectivity index (χ3n) is 2.82. The summed E-state index contributed by atoms with van der Waals surface area (Å²) >= 11 is 0. The molecule has 1 aromatic carbocycles. The molecule has 5 nitrogen and oxygen atoms in total. The number of anilines is 2. The van der Waals surface area contributed by atoms with Gasteiger partial charge < -0.3 is 16.8 Å². The van der Waals surface area contributed by atoms with Crippen LogP contribution in [0.2, 0.25) is 0 Å². The number of hydrogen-bond donors (Lipinski definition) is 3. The smallest absolute Gasteiger partial charge is 0.250 e. The second-order valence-electron chi connectivity index (χ2n) is 4.17. The van der Waals surface area contributed by atoms with E-state index in [0.717, 1.165) is 17.7 Å². The first-order valence-corrected chi connectivity index (χ1v) is 5.99. The van der Waals surface area contributed by atoms with Crippen molar-refractivity contribution in [2.75, 3.05) is 17.6 Å². The summed E-state index contributed by atoms with van der Waals surface area (Å²) in [6, 6.07) is 9.10. The molecule has 2 aromatic rings. The average molecular weight is 256 g/mol. The van der Waals surface area contributed by atoms with Crippen LogP contribution in [0.15, 0.2) is 42.7 Å². The fraction of sp³-hybridized carbons (Fsp3) is 0.143. The van der Waals surface area contributed by atoms with Crippen LogP contribution >= 0.6 is 0 Å². The number of rotatable bonds is 5.